The Balaban J connectivity index is 1.42. The van der Waals surface area contributed by atoms with E-state index in [1.54, 1.807) is 6.33 Å². The average Bonchev–Trinajstić information content (AvgIpc) is 3.31. The van der Waals surface area contributed by atoms with Gasteiger partial charge >= 0.3 is 0 Å². The maximum atomic E-state index is 11.3. The zero-order valence-electron chi connectivity index (χ0n) is 20.7. The monoisotopic (exact) mass is 486 g/mol. The van der Waals surface area contributed by atoms with Gasteiger partial charge in [0.05, 0.1) is 19.5 Å². The van der Waals surface area contributed by atoms with E-state index in [0.717, 1.165) is 49.0 Å². The summed E-state index contributed by atoms with van der Waals surface area (Å²) in [7, 11) is 0. The molecule has 4 aromatic rings. The van der Waals surface area contributed by atoms with Gasteiger partial charge < -0.3 is 30.2 Å². The number of imidazole rings is 1. The number of morpholine rings is 1. The minimum Gasteiger partial charge on any atom is -0.378 e. The molecule has 10 nitrogen and oxygen atoms in total. The molecule has 10 heteroatoms. The number of ether oxygens (including phenoxy) is 1. The van der Waals surface area contributed by atoms with Crippen LogP contribution in [0.4, 0.5) is 34.5 Å². The van der Waals surface area contributed by atoms with Gasteiger partial charge in [0.25, 0.3) is 0 Å². The van der Waals surface area contributed by atoms with E-state index in [1.807, 2.05) is 41.0 Å². The summed E-state index contributed by atoms with van der Waals surface area (Å²) in [6.45, 7) is 8.97. The molecule has 0 bridgehead atoms. The first kappa shape index (κ1) is 23.6. The smallest absolute Gasteiger partial charge is 0.231 e. The van der Waals surface area contributed by atoms with Gasteiger partial charge in [0.1, 0.15) is 0 Å². The largest absolute Gasteiger partial charge is 0.378 e. The molecule has 1 amide bonds. The third-order valence-corrected chi connectivity index (χ3v) is 5.95. The molecule has 3 N–H and O–H groups in total. The summed E-state index contributed by atoms with van der Waals surface area (Å²) < 4.78 is 7.48. The lowest BCUT2D eigenvalue weighted by Crippen LogP contribution is -2.36. The van der Waals surface area contributed by atoms with Gasteiger partial charge in [-0.25, -0.2) is 4.98 Å². The minimum atomic E-state index is -0.110. The lowest BCUT2D eigenvalue weighted by Gasteiger charge is -2.28. The van der Waals surface area contributed by atoms with Crippen LogP contribution < -0.4 is 20.9 Å². The number of fused-ring (bicyclic) bond motifs is 1. The van der Waals surface area contributed by atoms with Gasteiger partial charge in [0.2, 0.25) is 11.9 Å². The lowest BCUT2D eigenvalue weighted by atomic mass is 10.2. The van der Waals surface area contributed by atoms with Crippen molar-refractivity contribution in [2.75, 3.05) is 47.2 Å². The molecule has 3 heterocycles. The summed E-state index contributed by atoms with van der Waals surface area (Å²) in [4.78, 5) is 27.7. The summed E-state index contributed by atoms with van der Waals surface area (Å²) in [6.07, 6.45) is 1.79. The number of carbonyl (C=O) groups excluding carboxylic acids is 1. The molecule has 1 saturated heterocycles. The molecule has 36 heavy (non-hydrogen) atoms. The SMILES string of the molecule is CC(=O)Nc1ccc(Nc2nc(Nc3ccc(N4CCOCC4)cc3)nc3c2ncn3C(C)C)cc1. The van der Waals surface area contributed by atoms with Crippen LogP contribution in [0.15, 0.2) is 54.9 Å². The number of amides is 1. The van der Waals surface area contributed by atoms with Crippen LogP contribution in [0.2, 0.25) is 0 Å². The van der Waals surface area contributed by atoms with Crippen molar-refractivity contribution in [1.82, 2.24) is 19.5 Å². The summed E-state index contributed by atoms with van der Waals surface area (Å²) >= 11 is 0. The molecular formula is C26H30N8O2. The van der Waals surface area contributed by atoms with Gasteiger partial charge in [-0.05, 0) is 62.4 Å². The second kappa shape index (κ2) is 10.2. The highest BCUT2D eigenvalue weighted by atomic mass is 16.5. The Morgan fingerprint density at radius 1 is 0.917 bits per heavy atom. The number of hydrogen-bond acceptors (Lipinski definition) is 8. The van der Waals surface area contributed by atoms with Crippen LogP contribution in [0.25, 0.3) is 11.2 Å². The van der Waals surface area contributed by atoms with Crippen molar-refractivity contribution in [3.8, 4) is 0 Å². The van der Waals surface area contributed by atoms with E-state index >= 15 is 0 Å². The van der Waals surface area contributed by atoms with Gasteiger partial charge in [0.15, 0.2) is 17.0 Å². The molecule has 0 radical (unpaired) electrons. The quantitative estimate of drug-likeness (QED) is 0.345. The van der Waals surface area contributed by atoms with Gasteiger partial charge in [0, 0.05) is 48.8 Å². The third-order valence-electron chi connectivity index (χ3n) is 5.95. The molecule has 0 atom stereocenters. The van der Waals surface area contributed by atoms with Gasteiger partial charge in [-0.1, -0.05) is 0 Å². The number of nitrogens with one attached hydrogen (secondary N) is 3. The van der Waals surface area contributed by atoms with Crippen LogP contribution in [0.5, 0.6) is 0 Å². The van der Waals surface area contributed by atoms with E-state index in [-0.39, 0.29) is 11.9 Å². The van der Waals surface area contributed by atoms with E-state index in [0.29, 0.717) is 17.3 Å². The Morgan fingerprint density at radius 2 is 1.56 bits per heavy atom. The standard InChI is InChI=1S/C26H30N8O2/c1-17(2)34-16-27-23-24(29-20-6-4-19(5-7-20)28-18(3)35)31-26(32-25(23)34)30-21-8-10-22(11-9-21)33-12-14-36-15-13-33/h4-11,16-17H,12-15H2,1-3H3,(H,28,35)(H2,29,30,31,32). The van der Waals surface area contributed by atoms with Crippen LogP contribution in [-0.4, -0.2) is 51.7 Å². The van der Waals surface area contributed by atoms with E-state index in [4.69, 9.17) is 14.7 Å². The second-order valence-corrected chi connectivity index (χ2v) is 8.97. The number of rotatable bonds is 7. The Labute approximate surface area is 209 Å². The van der Waals surface area contributed by atoms with Gasteiger partial charge in [-0.2, -0.15) is 9.97 Å². The lowest BCUT2D eigenvalue weighted by molar-refractivity contribution is -0.114. The second-order valence-electron chi connectivity index (χ2n) is 8.97. The van der Waals surface area contributed by atoms with Gasteiger partial charge in [-0.15, -0.1) is 0 Å². The molecule has 1 aliphatic rings. The van der Waals surface area contributed by atoms with Crippen molar-refractivity contribution in [3.05, 3.63) is 54.9 Å². The molecule has 186 valence electrons. The first-order chi connectivity index (χ1) is 17.5. The zero-order valence-corrected chi connectivity index (χ0v) is 20.7. The zero-order chi connectivity index (χ0) is 25.1. The molecule has 0 aliphatic carbocycles. The van der Waals surface area contributed by atoms with Crippen molar-refractivity contribution in [2.24, 2.45) is 0 Å². The highest BCUT2D eigenvalue weighted by Crippen LogP contribution is 2.28. The molecule has 1 fully saturated rings. The maximum absolute atomic E-state index is 11.3. The summed E-state index contributed by atoms with van der Waals surface area (Å²) in [5.41, 5.74) is 5.04. The Kier molecular flexibility index (Phi) is 6.68. The van der Waals surface area contributed by atoms with Crippen LogP contribution in [-0.2, 0) is 9.53 Å². The first-order valence-corrected chi connectivity index (χ1v) is 12.1. The van der Waals surface area contributed by atoms with E-state index in [9.17, 15) is 4.79 Å². The maximum Gasteiger partial charge on any atom is 0.231 e. The number of nitrogens with zero attached hydrogens (tertiary/aromatic N) is 5. The van der Waals surface area contributed by atoms with E-state index in [2.05, 4.69) is 51.8 Å². The van der Waals surface area contributed by atoms with E-state index < -0.39 is 0 Å². The molecular weight excluding hydrogens is 456 g/mol. The predicted molar refractivity (Wildman–Crippen MR) is 142 cm³/mol. The fourth-order valence-corrected chi connectivity index (χ4v) is 4.12. The fourth-order valence-electron chi connectivity index (χ4n) is 4.12. The highest BCUT2D eigenvalue weighted by molar-refractivity contribution is 5.90. The van der Waals surface area contributed by atoms with Crippen molar-refractivity contribution in [2.45, 2.75) is 26.8 Å². The number of benzene rings is 2. The van der Waals surface area contributed by atoms with Crippen molar-refractivity contribution >= 4 is 51.6 Å². The molecule has 0 spiro atoms. The number of carbonyl (C=O) groups is 1. The van der Waals surface area contributed by atoms with E-state index in [1.165, 1.54) is 12.6 Å². The van der Waals surface area contributed by atoms with Crippen LogP contribution in [0, 0.1) is 0 Å². The number of aromatic nitrogens is 4. The average molecular weight is 487 g/mol. The Morgan fingerprint density at radius 3 is 2.22 bits per heavy atom. The predicted octanol–water partition coefficient (Wildman–Crippen LogP) is 4.69. The number of hydrogen-bond donors (Lipinski definition) is 3. The fraction of sp³-hybridized carbons (Fsp3) is 0.308. The normalized spacial score (nSPS) is 13.7. The van der Waals surface area contributed by atoms with Crippen molar-refractivity contribution in [3.63, 3.8) is 0 Å². The van der Waals surface area contributed by atoms with Crippen molar-refractivity contribution in [1.29, 1.82) is 0 Å². The Bertz CT molecular complexity index is 1340. The van der Waals surface area contributed by atoms with Crippen LogP contribution in [0.1, 0.15) is 26.8 Å². The summed E-state index contributed by atoms with van der Waals surface area (Å²) in [5.74, 6) is 0.960. The Hall–Kier alpha value is -4.18. The molecule has 0 saturated carbocycles. The molecule has 2 aromatic carbocycles. The minimum absolute atomic E-state index is 0.110. The summed E-state index contributed by atoms with van der Waals surface area (Å²) in [6, 6.07) is 15.9. The van der Waals surface area contributed by atoms with Crippen molar-refractivity contribution < 1.29 is 9.53 Å². The topological polar surface area (TPSA) is 109 Å². The third kappa shape index (κ3) is 5.23. The molecule has 1 aliphatic heterocycles. The molecule has 2 aromatic heterocycles. The summed E-state index contributed by atoms with van der Waals surface area (Å²) in [5, 5.41) is 9.48. The van der Waals surface area contributed by atoms with Gasteiger partial charge in [-0.3, -0.25) is 4.79 Å². The highest BCUT2D eigenvalue weighted by Gasteiger charge is 2.16. The molecule has 5 rings (SSSR count). The molecule has 0 unspecified atom stereocenters. The van der Waals surface area contributed by atoms with Crippen LogP contribution in [0.3, 0.4) is 0 Å². The first-order valence-electron chi connectivity index (χ1n) is 12.1. The number of anilines is 6. The van der Waals surface area contributed by atoms with Crippen LogP contribution >= 0.6 is 0 Å².